The number of nitrogens with zero attached hydrogens (tertiary/aromatic N) is 2. The number of hydrogen-bond donors (Lipinski definition) is 2. The van der Waals surface area contributed by atoms with Gasteiger partial charge in [0.15, 0.2) is 0 Å². The summed E-state index contributed by atoms with van der Waals surface area (Å²) in [6, 6.07) is 0. The molecule has 0 saturated carbocycles. The quantitative estimate of drug-likeness (QED) is 0.121. The number of rotatable bonds is 21. The minimum atomic E-state index is -4.67. The lowest BCUT2D eigenvalue weighted by Crippen LogP contribution is -2.37. The summed E-state index contributed by atoms with van der Waals surface area (Å²) in [4.78, 5) is 5.04. The molecule has 0 aromatic heterocycles. The molecule has 0 radical (unpaired) electrons. The molecule has 0 fully saturated rings. The Balaban J connectivity index is 0.00000196. The molecule has 1 unspecified atom stereocenters. The Labute approximate surface area is 212 Å². The van der Waals surface area contributed by atoms with Gasteiger partial charge in [-0.05, 0) is 19.3 Å². The largest absolute Gasteiger partial charge is 0.394 e. The first-order valence-electron chi connectivity index (χ1n) is 14.2. The zero-order chi connectivity index (χ0) is 25.5. The van der Waals surface area contributed by atoms with E-state index in [1.807, 2.05) is 0 Å². The Morgan fingerprint density at radius 2 is 0.971 bits per heavy atom. The van der Waals surface area contributed by atoms with Gasteiger partial charge in [0, 0.05) is 26.0 Å². The van der Waals surface area contributed by atoms with E-state index >= 15 is 0 Å². The van der Waals surface area contributed by atoms with Crippen LogP contribution < -0.4 is 0 Å². The van der Waals surface area contributed by atoms with Crippen LogP contribution >= 0.6 is 0 Å². The van der Waals surface area contributed by atoms with Crippen molar-refractivity contribution in [2.75, 3.05) is 13.6 Å². The summed E-state index contributed by atoms with van der Waals surface area (Å²) < 4.78 is 31.6. The van der Waals surface area contributed by atoms with Crippen LogP contribution in [0.25, 0.3) is 0 Å². The van der Waals surface area contributed by atoms with E-state index in [-0.39, 0.29) is 0 Å². The van der Waals surface area contributed by atoms with Gasteiger partial charge in [-0.1, -0.05) is 123 Å². The van der Waals surface area contributed by atoms with Crippen molar-refractivity contribution in [2.24, 2.45) is 0 Å². The van der Waals surface area contributed by atoms with Gasteiger partial charge < -0.3 is 9.80 Å². The van der Waals surface area contributed by atoms with Gasteiger partial charge in [0.25, 0.3) is 0 Å². The van der Waals surface area contributed by atoms with E-state index in [2.05, 4.69) is 43.1 Å². The lowest BCUT2D eigenvalue weighted by molar-refractivity contribution is 0.159. The smallest absolute Gasteiger partial charge is 0.359 e. The predicted molar refractivity (Wildman–Crippen MR) is 145 cm³/mol. The molecule has 1 aliphatic rings. The Morgan fingerprint density at radius 1 is 0.618 bits per heavy atom. The van der Waals surface area contributed by atoms with Gasteiger partial charge in [-0.2, -0.15) is 8.42 Å². The fraction of sp³-hybridized carbons (Fsp3) is 0.926. The Bertz CT molecular complexity index is 561. The minimum Gasteiger partial charge on any atom is -0.359 e. The standard InChI is InChI=1S/C27H54N2.H2O4S/c1-4-6-8-10-12-14-16-18-20-22-24-29-26-25-28(3)27(29)23-21-19-17-15-13-11-9-7-5-2;1-5(2,3)4/h25-27H,4-24H2,1-3H3;(H2,1,2,3,4). The van der Waals surface area contributed by atoms with Crippen LogP contribution in [-0.2, 0) is 10.4 Å². The molecule has 0 spiro atoms. The molecule has 1 atom stereocenters. The Morgan fingerprint density at radius 3 is 1.38 bits per heavy atom. The van der Waals surface area contributed by atoms with Gasteiger partial charge in [0.1, 0.15) is 6.17 Å². The molecule has 0 saturated heterocycles. The monoisotopic (exact) mass is 504 g/mol. The van der Waals surface area contributed by atoms with Crippen molar-refractivity contribution in [3.63, 3.8) is 0 Å². The maximum absolute atomic E-state index is 8.74. The molecular formula is C27H56N2O4S. The lowest BCUT2D eigenvalue weighted by atomic mass is 10.1. The molecule has 7 heteroatoms. The fourth-order valence-corrected chi connectivity index (χ4v) is 4.64. The molecule has 6 nitrogen and oxygen atoms in total. The molecule has 34 heavy (non-hydrogen) atoms. The third kappa shape index (κ3) is 23.0. The average molecular weight is 505 g/mol. The molecule has 1 aliphatic heterocycles. The van der Waals surface area contributed by atoms with Crippen LogP contribution in [0.4, 0.5) is 0 Å². The van der Waals surface area contributed by atoms with Crippen molar-refractivity contribution in [3.8, 4) is 0 Å². The Hall–Kier alpha value is -0.790. The average Bonchev–Trinajstić information content (AvgIpc) is 3.12. The maximum Gasteiger partial charge on any atom is 0.394 e. The first-order valence-corrected chi connectivity index (χ1v) is 15.5. The summed E-state index contributed by atoms with van der Waals surface area (Å²) in [6.45, 7) is 5.85. The van der Waals surface area contributed by atoms with Crippen molar-refractivity contribution >= 4 is 10.4 Å². The van der Waals surface area contributed by atoms with Gasteiger partial charge >= 0.3 is 10.4 Å². The zero-order valence-electron chi connectivity index (χ0n) is 22.6. The minimum absolute atomic E-state index is 0.623. The van der Waals surface area contributed by atoms with Gasteiger partial charge in [-0.25, -0.2) is 0 Å². The van der Waals surface area contributed by atoms with Crippen molar-refractivity contribution in [3.05, 3.63) is 12.4 Å². The summed E-state index contributed by atoms with van der Waals surface area (Å²) in [5.41, 5.74) is 0. The highest BCUT2D eigenvalue weighted by Crippen LogP contribution is 2.21. The van der Waals surface area contributed by atoms with Gasteiger partial charge in [-0.3, -0.25) is 9.11 Å². The molecule has 1 rings (SSSR count). The highest BCUT2D eigenvalue weighted by molar-refractivity contribution is 7.79. The van der Waals surface area contributed by atoms with Crippen LogP contribution in [0.5, 0.6) is 0 Å². The molecular weight excluding hydrogens is 448 g/mol. The van der Waals surface area contributed by atoms with Gasteiger partial charge in [0.05, 0.1) is 0 Å². The van der Waals surface area contributed by atoms with Gasteiger partial charge in [0.2, 0.25) is 0 Å². The van der Waals surface area contributed by atoms with E-state index in [1.54, 1.807) is 0 Å². The zero-order valence-corrected chi connectivity index (χ0v) is 23.4. The predicted octanol–water partition coefficient (Wildman–Crippen LogP) is 8.22. The van der Waals surface area contributed by atoms with E-state index in [4.69, 9.17) is 17.5 Å². The second-order valence-electron chi connectivity index (χ2n) is 9.93. The second-order valence-corrected chi connectivity index (χ2v) is 10.8. The summed E-state index contributed by atoms with van der Waals surface area (Å²) in [5.74, 6) is 0. The molecule has 204 valence electrons. The molecule has 0 amide bonds. The first kappa shape index (κ1) is 33.2. The van der Waals surface area contributed by atoms with Gasteiger partial charge in [-0.15, -0.1) is 0 Å². The molecule has 1 heterocycles. The number of unbranched alkanes of at least 4 members (excludes halogenated alkanes) is 17. The third-order valence-electron chi connectivity index (χ3n) is 6.68. The third-order valence-corrected chi connectivity index (χ3v) is 6.68. The highest BCUT2D eigenvalue weighted by atomic mass is 32.3. The van der Waals surface area contributed by atoms with Crippen LogP contribution in [0.15, 0.2) is 12.4 Å². The molecule has 0 aliphatic carbocycles. The van der Waals surface area contributed by atoms with E-state index < -0.39 is 10.4 Å². The van der Waals surface area contributed by atoms with Crippen LogP contribution in [0.1, 0.15) is 142 Å². The van der Waals surface area contributed by atoms with E-state index in [1.165, 1.54) is 135 Å². The highest BCUT2D eigenvalue weighted by Gasteiger charge is 2.22. The summed E-state index contributed by atoms with van der Waals surface area (Å²) in [6.07, 6.45) is 33.7. The van der Waals surface area contributed by atoms with Crippen molar-refractivity contribution in [1.82, 2.24) is 9.80 Å². The van der Waals surface area contributed by atoms with Crippen molar-refractivity contribution < 1.29 is 17.5 Å². The SMILES string of the molecule is CCCCCCCCCCCCN1C=CN(C)C1CCCCCCCCCCC.O=S(=O)(O)O. The molecule has 0 bridgehead atoms. The molecule has 0 aromatic rings. The van der Waals surface area contributed by atoms with Crippen molar-refractivity contribution in [1.29, 1.82) is 0 Å². The van der Waals surface area contributed by atoms with Crippen LogP contribution in [-0.4, -0.2) is 47.1 Å². The Kier molecular flexibility index (Phi) is 22.1. The van der Waals surface area contributed by atoms with E-state index in [0.29, 0.717) is 6.17 Å². The summed E-state index contributed by atoms with van der Waals surface area (Å²) in [5, 5.41) is 0. The molecule has 0 aromatic carbocycles. The summed E-state index contributed by atoms with van der Waals surface area (Å²) in [7, 11) is -2.41. The lowest BCUT2D eigenvalue weighted by Gasteiger charge is -2.30. The van der Waals surface area contributed by atoms with Crippen molar-refractivity contribution in [2.45, 2.75) is 148 Å². The first-order chi connectivity index (χ1) is 16.3. The van der Waals surface area contributed by atoms with E-state index in [9.17, 15) is 0 Å². The van der Waals surface area contributed by atoms with Crippen LogP contribution in [0.3, 0.4) is 0 Å². The fourth-order valence-electron chi connectivity index (χ4n) is 4.64. The maximum atomic E-state index is 8.74. The van der Waals surface area contributed by atoms with Crippen LogP contribution in [0, 0.1) is 0 Å². The van der Waals surface area contributed by atoms with E-state index in [0.717, 1.165) is 0 Å². The normalized spacial score (nSPS) is 15.6. The summed E-state index contributed by atoms with van der Waals surface area (Å²) >= 11 is 0. The second kappa shape index (κ2) is 22.7. The molecule has 2 N–H and O–H groups in total. The topological polar surface area (TPSA) is 81.1 Å². The van der Waals surface area contributed by atoms with Crippen LogP contribution in [0.2, 0.25) is 0 Å². The number of hydrogen-bond acceptors (Lipinski definition) is 4.